The van der Waals surface area contributed by atoms with Crippen molar-refractivity contribution in [2.45, 2.75) is 20.0 Å². The molecule has 0 saturated heterocycles. The SMILES string of the molecule is C=C/C=C\C(=C/C)COc1cc(CNC)nn1Cc1ccccc1. The van der Waals surface area contributed by atoms with Gasteiger partial charge in [-0.15, -0.1) is 0 Å². The summed E-state index contributed by atoms with van der Waals surface area (Å²) in [5.74, 6) is 0.774. The smallest absolute Gasteiger partial charge is 0.212 e. The molecule has 0 amide bonds. The Morgan fingerprint density at radius 1 is 1.33 bits per heavy atom. The molecule has 1 aromatic heterocycles. The van der Waals surface area contributed by atoms with Gasteiger partial charge in [-0.1, -0.05) is 61.2 Å². The average Bonchev–Trinajstić information content (AvgIpc) is 2.98. The standard InChI is InChI=1S/C20H25N3O/c1-4-6-10-17(5-2)16-24-20-13-19(14-21-3)22-23(20)15-18-11-8-7-9-12-18/h4-13,21H,1,14-16H2,2-3H3/b10-6-,17-5+. The van der Waals surface area contributed by atoms with Crippen LogP contribution in [0.15, 0.2) is 72.9 Å². The van der Waals surface area contributed by atoms with Crippen molar-refractivity contribution in [1.29, 1.82) is 0 Å². The van der Waals surface area contributed by atoms with E-state index in [1.54, 1.807) is 6.08 Å². The summed E-state index contributed by atoms with van der Waals surface area (Å²) in [4.78, 5) is 0. The predicted molar refractivity (Wildman–Crippen MR) is 99.1 cm³/mol. The molecule has 1 heterocycles. The van der Waals surface area contributed by atoms with Gasteiger partial charge in [0.15, 0.2) is 0 Å². The van der Waals surface area contributed by atoms with Crippen LogP contribution >= 0.6 is 0 Å². The Labute approximate surface area is 144 Å². The van der Waals surface area contributed by atoms with Crippen LogP contribution in [0.5, 0.6) is 5.88 Å². The summed E-state index contributed by atoms with van der Waals surface area (Å²) >= 11 is 0. The van der Waals surface area contributed by atoms with Crippen LogP contribution in [0.4, 0.5) is 0 Å². The summed E-state index contributed by atoms with van der Waals surface area (Å²) in [5, 5.41) is 7.76. The van der Waals surface area contributed by atoms with Crippen molar-refractivity contribution in [3.05, 3.63) is 84.1 Å². The van der Waals surface area contributed by atoms with E-state index in [4.69, 9.17) is 4.74 Å². The molecule has 4 nitrogen and oxygen atoms in total. The van der Waals surface area contributed by atoms with Crippen molar-refractivity contribution in [3.63, 3.8) is 0 Å². The van der Waals surface area contributed by atoms with Crippen LogP contribution in [0.1, 0.15) is 18.2 Å². The molecule has 0 aliphatic rings. The largest absolute Gasteiger partial charge is 0.473 e. The monoisotopic (exact) mass is 323 g/mol. The number of hydrogen-bond acceptors (Lipinski definition) is 3. The molecule has 0 spiro atoms. The highest BCUT2D eigenvalue weighted by Gasteiger charge is 2.10. The third kappa shape index (κ3) is 5.25. The van der Waals surface area contributed by atoms with Crippen molar-refractivity contribution >= 4 is 0 Å². The third-order valence-corrected chi connectivity index (χ3v) is 3.53. The molecule has 1 aromatic carbocycles. The lowest BCUT2D eigenvalue weighted by Crippen LogP contribution is -2.09. The van der Waals surface area contributed by atoms with E-state index in [-0.39, 0.29) is 0 Å². The summed E-state index contributed by atoms with van der Waals surface area (Å²) in [6.07, 6.45) is 7.70. The second-order valence-corrected chi connectivity index (χ2v) is 5.39. The highest BCUT2D eigenvalue weighted by Crippen LogP contribution is 2.17. The van der Waals surface area contributed by atoms with Crippen LogP contribution < -0.4 is 10.1 Å². The molecular formula is C20H25N3O. The van der Waals surface area contributed by atoms with Gasteiger partial charge in [-0.25, -0.2) is 4.68 Å². The number of benzene rings is 1. The molecule has 0 atom stereocenters. The summed E-state index contributed by atoms with van der Waals surface area (Å²) < 4.78 is 7.91. The molecule has 24 heavy (non-hydrogen) atoms. The lowest BCUT2D eigenvalue weighted by Gasteiger charge is -2.10. The fraction of sp³-hybridized carbons (Fsp3) is 0.250. The Balaban J connectivity index is 2.14. The Morgan fingerprint density at radius 3 is 2.79 bits per heavy atom. The Kier molecular flexibility index (Phi) is 7.05. The second-order valence-electron chi connectivity index (χ2n) is 5.39. The van der Waals surface area contributed by atoms with E-state index in [2.05, 4.69) is 29.1 Å². The van der Waals surface area contributed by atoms with Gasteiger partial charge in [0.25, 0.3) is 0 Å². The molecule has 0 bridgehead atoms. The first-order chi connectivity index (χ1) is 11.8. The van der Waals surface area contributed by atoms with Crippen molar-refractivity contribution in [3.8, 4) is 5.88 Å². The van der Waals surface area contributed by atoms with Crippen molar-refractivity contribution in [1.82, 2.24) is 15.1 Å². The van der Waals surface area contributed by atoms with Gasteiger partial charge in [-0.2, -0.15) is 5.10 Å². The van der Waals surface area contributed by atoms with Crippen LogP contribution in [0.3, 0.4) is 0 Å². The van der Waals surface area contributed by atoms with Gasteiger partial charge < -0.3 is 10.1 Å². The van der Waals surface area contributed by atoms with Gasteiger partial charge in [0.05, 0.1) is 12.2 Å². The Hall–Kier alpha value is -2.59. The van der Waals surface area contributed by atoms with Gasteiger partial charge >= 0.3 is 0 Å². The number of allylic oxidation sites excluding steroid dienone is 3. The third-order valence-electron chi connectivity index (χ3n) is 3.53. The molecule has 126 valence electrons. The molecule has 0 aliphatic heterocycles. The topological polar surface area (TPSA) is 39.1 Å². The van der Waals surface area contributed by atoms with E-state index in [0.717, 1.165) is 17.1 Å². The predicted octanol–water partition coefficient (Wildman–Crippen LogP) is 3.72. The lowest BCUT2D eigenvalue weighted by atomic mass is 10.2. The molecule has 4 heteroatoms. The zero-order chi connectivity index (χ0) is 17.2. The minimum Gasteiger partial charge on any atom is -0.473 e. The summed E-state index contributed by atoms with van der Waals surface area (Å²) in [6.45, 7) is 7.60. The molecule has 0 radical (unpaired) electrons. The quantitative estimate of drug-likeness (QED) is 0.715. The van der Waals surface area contributed by atoms with E-state index in [1.807, 2.05) is 61.1 Å². The molecule has 1 N–H and O–H groups in total. The first kappa shape index (κ1) is 17.8. The second kappa shape index (κ2) is 9.53. The molecule has 2 rings (SSSR count). The highest BCUT2D eigenvalue weighted by molar-refractivity contribution is 5.24. The van der Waals surface area contributed by atoms with E-state index >= 15 is 0 Å². The average molecular weight is 323 g/mol. The molecule has 0 aliphatic carbocycles. The van der Waals surface area contributed by atoms with Crippen LogP contribution in [-0.2, 0) is 13.1 Å². The first-order valence-electron chi connectivity index (χ1n) is 8.09. The Morgan fingerprint density at radius 2 is 2.12 bits per heavy atom. The lowest BCUT2D eigenvalue weighted by molar-refractivity contribution is 0.318. The minimum absolute atomic E-state index is 0.500. The van der Waals surface area contributed by atoms with Crippen LogP contribution in [-0.4, -0.2) is 23.4 Å². The van der Waals surface area contributed by atoms with Crippen LogP contribution in [0.25, 0.3) is 0 Å². The van der Waals surface area contributed by atoms with E-state index in [9.17, 15) is 0 Å². The maximum absolute atomic E-state index is 6.01. The summed E-state index contributed by atoms with van der Waals surface area (Å²) in [7, 11) is 1.91. The van der Waals surface area contributed by atoms with Gasteiger partial charge in [-0.05, 0) is 25.1 Å². The fourth-order valence-corrected chi connectivity index (χ4v) is 2.28. The van der Waals surface area contributed by atoms with Gasteiger partial charge in [-0.3, -0.25) is 0 Å². The number of nitrogens with zero attached hydrogens (tertiary/aromatic N) is 2. The summed E-state index contributed by atoms with van der Waals surface area (Å²) in [5.41, 5.74) is 3.25. The van der Waals surface area contributed by atoms with Crippen molar-refractivity contribution < 1.29 is 4.74 Å². The Bertz CT molecular complexity index is 699. The van der Waals surface area contributed by atoms with Crippen LogP contribution in [0, 0.1) is 0 Å². The number of nitrogens with one attached hydrogen (secondary N) is 1. The number of rotatable bonds is 9. The number of ether oxygens (including phenoxy) is 1. The molecular weight excluding hydrogens is 298 g/mol. The molecule has 0 unspecified atom stereocenters. The number of hydrogen-bond donors (Lipinski definition) is 1. The molecule has 0 fully saturated rings. The normalized spacial score (nSPS) is 11.8. The zero-order valence-electron chi connectivity index (χ0n) is 14.4. The molecule has 0 saturated carbocycles. The van der Waals surface area contributed by atoms with Gasteiger partial charge in [0.1, 0.15) is 6.61 Å². The van der Waals surface area contributed by atoms with E-state index in [1.165, 1.54) is 5.56 Å². The van der Waals surface area contributed by atoms with Gasteiger partial charge in [0.2, 0.25) is 5.88 Å². The highest BCUT2D eigenvalue weighted by atomic mass is 16.5. The summed E-state index contributed by atoms with van der Waals surface area (Å²) in [6, 6.07) is 12.3. The van der Waals surface area contributed by atoms with E-state index in [0.29, 0.717) is 19.7 Å². The maximum Gasteiger partial charge on any atom is 0.212 e. The van der Waals surface area contributed by atoms with Crippen molar-refractivity contribution in [2.75, 3.05) is 13.7 Å². The van der Waals surface area contributed by atoms with E-state index < -0.39 is 0 Å². The fourth-order valence-electron chi connectivity index (χ4n) is 2.28. The number of aromatic nitrogens is 2. The minimum atomic E-state index is 0.500. The van der Waals surface area contributed by atoms with Gasteiger partial charge in [0, 0.05) is 12.6 Å². The van der Waals surface area contributed by atoms with Crippen LogP contribution in [0.2, 0.25) is 0 Å². The first-order valence-corrected chi connectivity index (χ1v) is 8.09. The zero-order valence-corrected chi connectivity index (χ0v) is 14.4. The van der Waals surface area contributed by atoms with Crippen molar-refractivity contribution in [2.24, 2.45) is 0 Å². The molecule has 2 aromatic rings. The maximum atomic E-state index is 6.01.